The molecule has 0 fully saturated rings. The van der Waals surface area contributed by atoms with Gasteiger partial charge < -0.3 is 108 Å². The predicted octanol–water partition coefficient (Wildman–Crippen LogP) is -2.62. The molecule has 0 saturated heterocycles. The van der Waals surface area contributed by atoms with Gasteiger partial charge in [-0.05, 0) is 164 Å². The highest BCUT2D eigenvalue weighted by Gasteiger charge is 2.38. The van der Waals surface area contributed by atoms with Crippen molar-refractivity contribution < 1.29 is 77.6 Å². The van der Waals surface area contributed by atoms with Crippen molar-refractivity contribution in [3.8, 4) is 5.75 Å². The Morgan fingerprint density at radius 3 is 1.12 bits per heavy atom. The van der Waals surface area contributed by atoms with Crippen LogP contribution in [-0.2, 0) is 68.7 Å². The lowest BCUT2D eigenvalue weighted by Gasteiger charge is -2.30. The van der Waals surface area contributed by atoms with Crippen LogP contribution in [0.25, 0.3) is 0 Å². The first-order valence-electron chi connectivity index (χ1n) is 35.3. The number of nitrogens with one attached hydrogen (secondary N) is 12. The number of hydrogen-bond donors (Lipinski definition) is 20. The quantitative estimate of drug-likeness (QED) is 0.0297. The van der Waals surface area contributed by atoms with E-state index >= 15 is 0 Å². The highest BCUT2D eigenvalue weighted by molar-refractivity contribution is 5.99. The zero-order valence-electron chi connectivity index (χ0n) is 61.2. The lowest BCUT2D eigenvalue weighted by Crippen LogP contribution is -2.62. The number of aliphatic hydroxyl groups excluding tert-OH is 1. The molecule has 0 bridgehead atoms. The Bertz CT molecular complexity index is 2810. The summed E-state index contributed by atoms with van der Waals surface area (Å²) >= 11 is 0. The molecule has 0 saturated carbocycles. The van der Waals surface area contributed by atoms with Gasteiger partial charge in [0.1, 0.15) is 72.2 Å². The number of carbonyl (C=O) groups excluding carboxylic acids is 12. The molecule has 13 atom stereocenters. The summed E-state index contributed by atoms with van der Waals surface area (Å²) in [5, 5.41) is 61.6. The monoisotopic (exact) mass is 1430 g/mol. The van der Waals surface area contributed by atoms with E-state index in [1.165, 1.54) is 38.1 Å². The van der Waals surface area contributed by atoms with E-state index in [4.69, 9.17) is 28.7 Å². The number of aromatic hydroxyl groups is 1. The largest absolute Gasteiger partial charge is 0.508 e. The molecule has 0 aliphatic heterocycles. The number of aliphatic hydroxyl groups is 1. The molecule has 0 heterocycles. The van der Waals surface area contributed by atoms with E-state index in [0.29, 0.717) is 83.0 Å². The van der Waals surface area contributed by atoms with Crippen molar-refractivity contribution >= 4 is 76.9 Å². The fraction of sp³-hybridized carbons (Fsp3) is 0.721. The minimum Gasteiger partial charge on any atom is -0.508 e. The van der Waals surface area contributed by atoms with Crippen molar-refractivity contribution in [2.24, 2.45) is 58.3 Å². The zero-order valence-corrected chi connectivity index (χ0v) is 61.2. The third kappa shape index (κ3) is 34.4. The van der Waals surface area contributed by atoms with Gasteiger partial charge in [-0.25, -0.2) is 4.79 Å². The topological polar surface area (TPSA) is 557 Å². The normalized spacial score (nSPS) is 15.3. The molecule has 12 amide bonds. The van der Waals surface area contributed by atoms with Crippen molar-refractivity contribution in [2.75, 3.05) is 32.7 Å². The molecule has 0 aliphatic rings. The molecule has 101 heavy (non-hydrogen) atoms. The highest BCUT2D eigenvalue weighted by atomic mass is 16.4. The molecule has 0 radical (unpaired) electrons. The molecule has 0 aliphatic carbocycles. The SMILES string of the molecule is CC(C)C[C@H](NC(=O)[C@@H](NC(=O)[C@H](Cc1ccc(O)cc1)NC(=O)[C@@H](NC(=O)CNC(=O)[C@H](C)NC(=O)[C@@H](NC(=O)[C@@H](NC(=O)[C@H](CCCCN)NC(=O)[C@H](CCCCN)NC(=O)[C@H](CCCCN)NC(=O)[C@@H](N)CCCCN)C(C)C)C(C)C)[C@@H](C)O)C(C)C)C(=O)N[C@H](C(=O)O)C(C)C. The number of carbonyl (C=O) groups is 13. The van der Waals surface area contributed by atoms with Gasteiger partial charge in [0.2, 0.25) is 70.9 Å². The summed E-state index contributed by atoms with van der Waals surface area (Å²) < 4.78 is 0. The summed E-state index contributed by atoms with van der Waals surface area (Å²) in [6, 6.07) is -9.86. The minimum absolute atomic E-state index is 0.0681. The Kier molecular flexibility index (Phi) is 43.1. The predicted molar refractivity (Wildman–Crippen MR) is 379 cm³/mol. The summed E-state index contributed by atoms with van der Waals surface area (Å²) in [6.45, 7) is 19.5. The van der Waals surface area contributed by atoms with E-state index in [1.54, 1.807) is 69.2 Å². The molecule has 0 unspecified atom stereocenters. The van der Waals surface area contributed by atoms with Crippen LogP contribution < -0.4 is 92.5 Å². The van der Waals surface area contributed by atoms with Crippen molar-refractivity contribution in [1.29, 1.82) is 0 Å². The minimum atomic E-state index is -1.76. The van der Waals surface area contributed by atoms with E-state index in [-0.39, 0.29) is 50.3 Å². The molecule has 1 aromatic rings. The molecule has 1 aromatic carbocycles. The Balaban J connectivity index is 3.33. The van der Waals surface area contributed by atoms with E-state index < -0.39 is 186 Å². The standard InChI is InChI=1S/C68H121N17O16/c1-36(2)33-49(62(94)85-55(40(9)10)68(100)101)79-65(97)53(38(5)6)83-63(95)50(34-43-25-27-44(87)28-26-43)80-67(99)56(42(12)86)81-51(88)35-74-57(89)41(11)75-64(96)52(37(3)4)84-66(98)54(39(7)8)82-61(93)48(24-16-20-32-72)78-60(92)47(23-15-19-31-71)77-59(91)46(22-14-18-30-70)76-58(90)45(73)21-13-17-29-69/h25-28,36-42,45-50,52-56,86-87H,13-24,29-35,69-73H2,1-12H3,(H,74,89)(H,75,96)(H,76,90)(H,77,91)(H,78,92)(H,79,97)(H,80,99)(H,81,88)(H,82,93)(H,83,95)(H,84,98)(H,85,94)(H,100,101)/t41-,42+,45-,46-,47-,48-,49-,50-,52-,53-,54-,55-,56-/m0/s1. The number of hydrogen-bond acceptors (Lipinski definition) is 20. The van der Waals surface area contributed by atoms with Crippen LogP contribution in [0.3, 0.4) is 0 Å². The summed E-state index contributed by atoms with van der Waals surface area (Å²) in [5.41, 5.74) is 29.5. The maximum absolute atomic E-state index is 14.3. The lowest BCUT2D eigenvalue weighted by molar-refractivity contribution is -0.143. The number of rotatable bonds is 50. The number of phenols is 1. The molecule has 33 nitrogen and oxygen atoms in total. The number of carboxylic acid groups (broad SMARTS) is 1. The second-order valence-electron chi connectivity index (χ2n) is 27.5. The Morgan fingerprint density at radius 2 is 0.713 bits per heavy atom. The Labute approximate surface area is 594 Å². The Hall–Kier alpha value is -8.11. The number of benzene rings is 1. The molecule has 33 heteroatoms. The number of aliphatic carboxylic acids is 1. The van der Waals surface area contributed by atoms with Crippen molar-refractivity contribution in [2.45, 2.75) is 252 Å². The molecular formula is C68H121N17O16. The average molecular weight is 1430 g/mol. The van der Waals surface area contributed by atoms with Crippen LogP contribution in [0, 0.1) is 29.6 Å². The molecule has 1 rings (SSSR count). The Morgan fingerprint density at radius 1 is 0.376 bits per heavy atom. The van der Waals surface area contributed by atoms with Crippen LogP contribution in [0.2, 0.25) is 0 Å². The van der Waals surface area contributed by atoms with Crippen LogP contribution in [-0.4, -0.2) is 204 Å². The number of unbranched alkanes of at least 4 members (excludes halogenated alkanes) is 4. The molecule has 0 spiro atoms. The first-order valence-corrected chi connectivity index (χ1v) is 35.3. The van der Waals surface area contributed by atoms with E-state index in [2.05, 4.69) is 63.8 Å². The van der Waals surface area contributed by atoms with Crippen LogP contribution in [0.15, 0.2) is 24.3 Å². The molecular weight excluding hydrogens is 1310 g/mol. The lowest BCUT2D eigenvalue weighted by atomic mass is 9.98. The molecule has 25 N–H and O–H groups in total. The van der Waals surface area contributed by atoms with Gasteiger partial charge >= 0.3 is 5.97 Å². The summed E-state index contributed by atoms with van der Waals surface area (Å²) in [5.74, 6) is -13.6. The number of nitrogens with two attached hydrogens (primary N) is 5. The number of amides is 12. The van der Waals surface area contributed by atoms with Gasteiger partial charge in [-0.15, -0.1) is 0 Å². The van der Waals surface area contributed by atoms with Crippen LogP contribution >= 0.6 is 0 Å². The van der Waals surface area contributed by atoms with Gasteiger partial charge in [-0.3, -0.25) is 57.5 Å². The highest BCUT2D eigenvalue weighted by Crippen LogP contribution is 2.16. The second-order valence-corrected chi connectivity index (χ2v) is 27.5. The fourth-order valence-electron chi connectivity index (χ4n) is 10.5. The van der Waals surface area contributed by atoms with Crippen molar-refractivity contribution in [3.05, 3.63) is 29.8 Å². The van der Waals surface area contributed by atoms with Crippen LogP contribution in [0.4, 0.5) is 0 Å². The van der Waals surface area contributed by atoms with Gasteiger partial charge in [0.15, 0.2) is 0 Å². The average Bonchev–Trinajstić information content (AvgIpc) is 0.859. The maximum atomic E-state index is 14.3. The smallest absolute Gasteiger partial charge is 0.326 e. The molecule has 574 valence electrons. The summed E-state index contributed by atoms with van der Waals surface area (Å²) in [7, 11) is 0. The van der Waals surface area contributed by atoms with Gasteiger partial charge in [0, 0.05) is 6.42 Å². The van der Waals surface area contributed by atoms with E-state index in [0.717, 1.165) is 0 Å². The third-order valence-electron chi connectivity index (χ3n) is 16.6. The van der Waals surface area contributed by atoms with Crippen LogP contribution in [0.5, 0.6) is 5.75 Å². The first kappa shape index (κ1) is 90.9. The second kappa shape index (κ2) is 47.9. The van der Waals surface area contributed by atoms with Gasteiger partial charge in [-0.2, -0.15) is 0 Å². The summed E-state index contributed by atoms with van der Waals surface area (Å²) in [6.07, 6.45) is 2.96. The molecule has 0 aromatic heterocycles. The fourth-order valence-corrected chi connectivity index (χ4v) is 10.5. The zero-order chi connectivity index (χ0) is 76.8. The maximum Gasteiger partial charge on any atom is 0.326 e. The van der Waals surface area contributed by atoms with Gasteiger partial charge in [-0.1, -0.05) is 87.8 Å². The number of phenolic OH excluding ortho intramolecular Hbond substituents is 1. The van der Waals surface area contributed by atoms with Gasteiger partial charge in [0.05, 0.1) is 18.7 Å². The van der Waals surface area contributed by atoms with Crippen LogP contribution in [0.1, 0.15) is 172 Å². The third-order valence-corrected chi connectivity index (χ3v) is 16.6. The van der Waals surface area contributed by atoms with E-state index in [9.17, 15) is 77.6 Å². The number of carboxylic acids is 1. The van der Waals surface area contributed by atoms with Crippen molar-refractivity contribution in [3.63, 3.8) is 0 Å². The van der Waals surface area contributed by atoms with Gasteiger partial charge in [0.25, 0.3) is 0 Å². The van der Waals surface area contributed by atoms with Crippen molar-refractivity contribution in [1.82, 2.24) is 63.8 Å². The van der Waals surface area contributed by atoms with E-state index in [1.807, 2.05) is 0 Å². The summed E-state index contributed by atoms with van der Waals surface area (Å²) in [4.78, 5) is 178. The first-order chi connectivity index (χ1) is 47.4.